The Balaban J connectivity index is 3.01. The highest BCUT2D eigenvalue weighted by atomic mass is 14.0. The SMILES string of the molecule is C=C(C)c1cccc(CC)c1. The van der Waals surface area contributed by atoms with E-state index in [-0.39, 0.29) is 0 Å². The summed E-state index contributed by atoms with van der Waals surface area (Å²) in [7, 11) is 0. The molecule has 0 N–H and O–H groups in total. The van der Waals surface area contributed by atoms with Gasteiger partial charge in [0.15, 0.2) is 0 Å². The van der Waals surface area contributed by atoms with E-state index in [9.17, 15) is 0 Å². The predicted octanol–water partition coefficient (Wildman–Crippen LogP) is 3.28. The zero-order chi connectivity index (χ0) is 8.27. The molecule has 58 valence electrons. The van der Waals surface area contributed by atoms with Gasteiger partial charge in [0.1, 0.15) is 0 Å². The van der Waals surface area contributed by atoms with Crippen LogP contribution in [0.5, 0.6) is 0 Å². The largest absolute Gasteiger partial charge is 0.0955 e. The van der Waals surface area contributed by atoms with Crippen LogP contribution < -0.4 is 0 Å². The summed E-state index contributed by atoms with van der Waals surface area (Å²) >= 11 is 0. The monoisotopic (exact) mass is 146 g/mol. The average Bonchev–Trinajstić information content (AvgIpc) is 2.05. The van der Waals surface area contributed by atoms with Gasteiger partial charge in [-0.05, 0) is 24.5 Å². The van der Waals surface area contributed by atoms with Gasteiger partial charge >= 0.3 is 0 Å². The van der Waals surface area contributed by atoms with E-state index < -0.39 is 0 Å². The average molecular weight is 146 g/mol. The first-order valence-corrected chi connectivity index (χ1v) is 3.99. The van der Waals surface area contributed by atoms with Crippen LogP contribution in [-0.4, -0.2) is 0 Å². The van der Waals surface area contributed by atoms with Crippen LogP contribution in [0, 0.1) is 0 Å². The van der Waals surface area contributed by atoms with Crippen LogP contribution in [-0.2, 0) is 6.42 Å². The van der Waals surface area contributed by atoms with E-state index >= 15 is 0 Å². The molecular formula is C11H14. The van der Waals surface area contributed by atoms with Crippen molar-refractivity contribution in [2.45, 2.75) is 20.3 Å². The van der Waals surface area contributed by atoms with Crippen LogP contribution >= 0.6 is 0 Å². The number of hydrogen-bond acceptors (Lipinski definition) is 0. The van der Waals surface area contributed by atoms with E-state index in [0.29, 0.717) is 0 Å². The zero-order valence-electron chi connectivity index (χ0n) is 7.22. The number of rotatable bonds is 2. The molecule has 11 heavy (non-hydrogen) atoms. The van der Waals surface area contributed by atoms with E-state index in [4.69, 9.17) is 0 Å². The van der Waals surface area contributed by atoms with E-state index in [1.54, 1.807) is 0 Å². The second kappa shape index (κ2) is 3.38. The summed E-state index contributed by atoms with van der Waals surface area (Å²) < 4.78 is 0. The molecule has 0 amide bonds. The smallest absolute Gasteiger partial charge is 0.0231 e. The summed E-state index contributed by atoms with van der Waals surface area (Å²) in [5.41, 5.74) is 3.77. The number of benzene rings is 1. The van der Waals surface area contributed by atoms with Gasteiger partial charge in [0.05, 0.1) is 0 Å². The molecule has 0 heteroatoms. The maximum atomic E-state index is 3.90. The lowest BCUT2D eigenvalue weighted by Gasteiger charge is -2.01. The van der Waals surface area contributed by atoms with E-state index in [2.05, 4.69) is 37.8 Å². The molecule has 0 aliphatic heterocycles. The summed E-state index contributed by atoms with van der Waals surface area (Å²) in [6, 6.07) is 8.53. The van der Waals surface area contributed by atoms with Gasteiger partial charge in [-0.2, -0.15) is 0 Å². The lowest BCUT2D eigenvalue weighted by Crippen LogP contribution is -1.82. The molecule has 0 aliphatic carbocycles. The number of aryl methyl sites for hydroxylation is 1. The molecule has 0 bridgehead atoms. The minimum Gasteiger partial charge on any atom is -0.0955 e. The Morgan fingerprint density at radius 3 is 2.73 bits per heavy atom. The number of hydrogen-bond donors (Lipinski definition) is 0. The molecule has 0 saturated carbocycles. The Hall–Kier alpha value is -1.04. The molecule has 0 spiro atoms. The third kappa shape index (κ3) is 1.94. The molecule has 0 atom stereocenters. The molecule has 1 aromatic carbocycles. The topological polar surface area (TPSA) is 0 Å². The van der Waals surface area contributed by atoms with Crippen molar-refractivity contribution in [2.24, 2.45) is 0 Å². The fourth-order valence-corrected chi connectivity index (χ4v) is 1.06. The van der Waals surface area contributed by atoms with Gasteiger partial charge < -0.3 is 0 Å². The molecule has 0 nitrogen and oxygen atoms in total. The van der Waals surface area contributed by atoms with Crippen molar-refractivity contribution in [1.82, 2.24) is 0 Å². The Kier molecular flexibility index (Phi) is 2.48. The highest BCUT2D eigenvalue weighted by Crippen LogP contribution is 2.13. The van der Waals surface area contributed by atoms with Crippen LogP contribution in [0.3, 0.4) is 0 Å². The van der Waals surface area contributed by atoms with Crippen molar-refractivity contribution in [2.75, 3.05) is 0 Å². The summed E-state index contributed by atoms with van der Waals surface area (Å²) in [5.74, 6) is 0. The quantitative estimate of drug-likeness (QED) is 0.600. The third-order valence-electron chi connectivity index (χ3n) is 1.83. The van der Waals surface area contributed by atoms with Crippen molar-refractivity contribution >= 4 is 5.57 Å². The summed E-state index contributed by atoms with van der Waals surface area (Å²) in [4.78, 5) is 0. The maximum absolute atomic E-state index is 3.90. The van der Waals surface area contributed by atoms with E-state index in [1.165, 1.54) is 11.1 Å². The highest BCUT2D eigenvalue weighted by molar-refractivity contribution is 5.61. The standard InChI is InChI=1S/C11H14/c1-4-10-6-5-7-11(8-10)9(2)3/h5-8H,2,4H2,1,3H3. The van der Waals surface area contributed by atoms with E-state index in [1.807, 2.05) is 6.92 Å². The lowest BCUT2D eigenvalue weighted by atomic mass is 10.0. The van der Waals surface area contributed by atoms with Gasteiger partial charge in [0.25, 0.3) is 0 Å². The molecule has 0 radical (unpaired) electrons. The Bertz CT molecular complexity index is 258. The van der Waals surface area contributed by atoms with Crippen LogP contribution in [0.25, 0.3) is 5.57 Å². The van der Waals surface area contributed by atoms with Crippen molar-refractivity contribution in [3.05, 3.63) is 42.0 Å². The van der Waals surface area contributed by atoms with Crippen molar-refractivity contribution in [3.63, 3.8) is 0 Å². The fraction of sp³-hybridized carbons (Fsp3) is 0.273. The van der Waals surface area contributed by atoms with Crippen LogP contribution in [0.4, 0.5) is 0 Å². The third-order valence-corrected chi connectivity index (χ3v) is 1.83. The molecule has 0 aromatic heterocycles. The van der Waals surface area contributed by atoms with Gasteiger partial charge in [-0.1, -0.05) is 43.3 Å². The van der Waals surface area contributed by atoms with E-state index in [0.717, 1.165) is 12.0 Å². The Labute approximate surface area is 68.6 Å². The van der Waals surface area contributed by atoms with Crippen LogP contribution in [0.2, 0.25) is 0 Å². The lowest BCUT2D eigenvalue weighted by molar-refractivity contribution is 1.14. The summed E-state index contributed by atoms with van der Waals surface area (Å²) in [6.45, 7) is 8.10. The first-order chi connectivity index (χ1) is 5.24. The molecule has 0 unspecified atom stereocenters. The zero-order valence-corrected chi connectivity index (χ0v) is 7.22. The number of allylic oxidation sites excluding steroid dienone is 1. The highest BCUT2D eigenvalue weighted by Gasteiger charge is 1.93. The van der Waals surface area contributed by atoms with Crippen molar-refractivity contribution in [1.29, 1.82) is 0 Å². The van der Waals surface area contributed by atoms with Gasteiger partial charge in [-0.15, -0.1) is 0 Å². The maximum Gasteiger partial charge on any atom is -0.0231 e. The van der Waals surface area contributed by atoms with Crippen LogP contribution in [0.1, 0.15) is 25.0 Å². The first kappa shape index (κ1) is 8.06. The summed E-state index contributed by atoms with van der Waals surface area (Å²) in [5, 5.41) is 0. The van der Waals surface area contributed by atoms with Gasteiger partial charge in [-0.25, -0.2) is 0 Å². The molecule has 0 saturated heterocycles. The summed E-state index contributed by atoms with van der Waals surface area (Å²) in [6.07, 6.45) is 1.10. The normalized spacial score (nSPS) is 9.64. The molecule has 0 heterocycles. The van der Waals surface area contributed by atoms with Gasteiger partial charge in [0.2, 0.25) is 0 Å². The first-order valence-electron chi connectivity index (χ1n) is 3.99. The van der Waals surface area contributed by atoms with Gasteiger partial charge in [-0.3, -0.25) is 0 Å². The Morgan fingerprint density at radius 1 is 1.45 bits per heavy atom. The minimum atomic E-state index is 1.10. The van der Waals surface area contributed by atoms with Crippen molar-refractivity contribution in [3.8, 4) is 0 Å². The predicted molar refractivity (Wildman–Crippen MR) is 50.5 cm³/mol. The molecule has 0 fully saturated rings. The van der Waals surface area contributed by atoms with Gasteiger partial charge in [0, 0.05) is 0 Å². The fourth-order valence-electron chi connectivity index (χ4n) is 1.06. The second-order valence-electron chi connectivity index (χ2n) is 2.83. The minimum absolute atomic E-state index is 1.10. The van der Waals surface area contributed by atoms with Crippen LogP contribution in [0.15, 0.2) is 30.8 Å². The molecule has 1 aromatic rings. The molecule has 1 rings (SSSR count). The molecule has 0 aliphatic rings. The Morgan fingerprint density at radius 2 is 2.18 bits per heavy atom. The molecular weight excluding hydrogens is 132 g/mol. The second-order valence-corrected chi connectivity index (χ2v) is 2.83. The van der Waals surface area contributed by atoms with Crippen molar-refractivity contribution < 1.29 is 0 Å².